The summed E-state index contributed by atoms with van der Waals surface area (Å²) in [5.74, 6) is 0.389. The average molecular weight is 672 g/mol. The van der Waals surface area contributed by atoms with Crippen molar-refractivity contribution < 1.29 is 10.2 Å². The van der Waals surface area contributed by atoms with E-state index in [0.717, 1.165) is 64.8 Å². The van der Waals surface area contributed by atoms with Gasteiger partial charge in [-0.2, -0.15) is 0 Å². The van der Waals surface area contributed by atoms with E-state index in [1.54, 1.807) is 24.3 Å². The van der Waals surface area contributed by atoms with Crippen LogP contribution in [0.5, 0.6) is 11.5 Å². The van der Waals surface area contributed by atoms with E-state index in [1.807, 2.05) is 30.3 Å². The van der Waals surface area contributed by atoms with Crippen LogP contribution in [-0.2, 0) is 0 Å². The number of phenolic OH excluding ortho intramolecular Hbond substituents is 2. The second kappa shape index (κ2) is 16.5. The molecular formula is C46H45N3O2. The van der Waals surface area contributed by atoms with Gasteiger partial charge in [0.15, 0.2) is 0 Å². The van der Waals surface area contributed by atoms with E-state index in [-0.39, 0.29) is 11.5 Å². The molecule has 1 aliphatic carbocycles. The van der Waals surface area contributed by atoms with Gasteiger partial charge in [0.05, 0.1) is 11.4 Å². The molecule has 0 aliphatic heterocycles. The van der Waals surface area contributed by atoms with E-state index < -0.39 is 0 Å². The number of hydrogen-bond donors (Lipinski definition) is 2. The van der Waals surface area contributed by atoms with Crippen LogP contribution >= 0.6 is 0 Å². The fourth-order valence-electron chi connectivity index (χ4n) is 6.41. The number of hydrogen-bond acceptors (Lipinski definition) is 5. The lowest BCUT2D eigenvalue weighted by Gasteiger charge is -2.32. The maximum Gasteiger partial charge on any atom is 0.115 e. The second-order valence-electron chi connectivity index (χ2n) is 12.4. The van der Waals surface area contributed by atoms with Crippen molar-refractivity contribution >= 4 is 45.4 Å². The molecule has 0 saturated carbocycles. The molecule has 0 fully saturated rings. The molecule has 5 nitrogen and oxygen atoms in total. The van der Waals surface area contributed by atoms with Gasteiger partial charge in [-0.15, -0.1) is 0 Å². The maximum atomic E-state index is 10.2. The van der Waals surface area contributed by atoms with Crippen molar-refractivity contribution in [2.45, 2.75) is 33.1 Å². The zero-order chi connectivity index (χ0) is 35.6. The Labute approximate surface area is 302 Å². The number of phenols is 2. The first-order chi connectivity index (χ1) is 25.0. The Morgan fingerprint density at radius 1 is 0.667 bits per heavy atom. The van der Waals surface area contributed by atoms with Gasteiger partial charge in [-0.1, -0.05) is 85.9 Å². The summed E-state index contributed by atoms with van der Waals surface area (Å²) in [6.07, 6.45) is 20.0. The molecular weight excluding hydrogens is 627 g/mol. The van der Waals surface area contributed by atoms with Crippen LogP contribution in [0.25, 0.3) is 5.57 Å². The highest BCUT2D eigenvalue weighted by atomic mass is 16.3. The fourth-order valence-corrected chi connectivity index (χ4v) is 6.41. The molecule has 0 amide bonds. The number of aromatic hydroxyl groups is 2. The molecule has 2 N–H and O–H groups in total. The van der Waals surface area contributed by atoms with E-state index >= 15 is 0 Å². The summed E-state index contributed by atoms with van der Waals surface area (Å²) in [5, 5.41) is 20.5. The molecule has 5 aromatic rings. The van der Waals surface area contributed by atoms with E-state index in [9.17, 15) is 10.2 Å². The molecule has 0 atom stereocenters. The van der Waals surface area contributed by atoms with E-state index in [0.29, 0.717) is 0 Å². The summed E-state index contributed by atoms with van der Waals surface area (Å²) in [5.41, 5.74) is 10.3. The molecule has 0 unspecified atom stereocenters. The lowest BCUT2D eigenvalue weighted by atomic mass is 9.98. The lowest BCUT2D eigenvalue weighted by Crippen LogP contribution is -2.19. The van der Waals surface area contributed by atoms with Crippen molar-refractivity contribution in [2.24, 2.45) is 0 Å². The zero-order valence-corrected chi connectivity index (χ0v) is 29.5. The largest absolute Gasteiger partial charge is 0.508 e. The Kier molecular flexibility index (Phi) is 11.2. The lowest BCUT2D eigenvalue weighted by molar-refractivity contribution is 0.475. The zero-order valence-electron chi connectivity index (χ0n) is 29.5. The van der Waals surface area contributed by atoms with E-state index in [2.05, 4.69) is 151 Å². The highest BCUT2D eigenvalue weighted by Crippen LogP contribution is 2.44. The molecule has 256 valence electrons. The Hall–Kier alpha value is -6.20. The van der Waals surface area contributed by atoms with Crippen LogP contribution in [0.15, 0.2) is 176 Å². The summed E-state index contributed by atoms with van der Waals surface area (Å²) in [6, 6.07) is 40.2. The predicted molar refractivity (Wildman–Crippen MR) is 216 cm³/mol. The van der Waals surface area contributed by atoms with Gasteiger partial charge in [-0.05, 0) is 123 Å². The minimum atomic E-state index is 0.194. The minimum absolute atomic E-state index is 0.194. The van der Waals surface area contributed by atoms with Crippen LogP contribution < -0.4 is 14.7 Å². The molecule has 51 heavy (non-hydrogen) atoms. The first-order valence-electron chi connectivity index (χ1n) is 17.5. The summed E-state index contributed by atoms with van der Waals surface area (Å²) in [4.78, 5) is 6.73. The summed E-state index contributed by atoms with van der Waals surface area (Å²) >= 11 is 0. The Balaban J connectivity index is 1.61. The monoisotopic (exact) mass is 671 g/mol. The fraction of sp³-hybridized carbons (Fsp3) is 0.130. The number of benzene rings is 5. The molecule has 0 saturated heterocycles. The number of rotatable bonds is 12. The predicted octanol–water partition coefficient (Wildman–Crippen LogP) is 12.6. The van der Waals surface area contributed by atoms with Crippen molar-refractivity contribution in [3.05, 3.63) is 181 Å². The van der Waals surface area contributed by atoms with Crippen molar-refractivity contribution in [1.82, 2.24) is 0 Å². The highest BCUT2D eigenvalue weighted by Gasteiger charge is 2.22. The van der Waals surface area contributed by atoms with Crippen LogP contribution in [0, 0.1) is 0 Å². The smallest absolute Gasteiger partial charge is 0.115 e. The van der Waals surface area contributed by atoms with Gasteiger partial charge in [-0.3, -0.25) is 0 Å². The average Bonchev–Trinajstić information content (AvgIpc) is 3.45. The number of allylic oxidation sites excluding steroid dienone is 9. The third-order valence-electron chi connectivity index (χ3n) is 8.89. The van der Waals surface area contributed by atoms with Gasteiger partial charge >= 0.3 is 0 Å². The van der Waals surface area contributed by atoms with E-state index in [4.69, 9.17) is 0 Å². The molecule has 5 heteroatoms. The standard InChI is InChI=1S/C46H45N3O2/c1-4-6-17-35(16-5-2)45-22-14-15-23-46(45)47(3)40-32-41(48(37-20-12-9-13-21-37)36-18-10-7-8-11-19-36)34-42(33-40)49(38-24-28-43(50)29-25-38)39-26-30-44(51)31-27-39/h4,6-10,12-16,18-34,50-51H,5,11,17H2,1-3H3/b6-4-,35-16+. The molecule has 0 aromatic heterocycles. The molecule has 0 radical (unpaired) electrons. The van der Waals surface area contributed by atoms with Gasteiger partial charge in [0, 0.05) is 46.7 Å². The number of anilines is 7. The SMILES string of the molecule is C/C=C\C/C(=C\CC)c1ccccc1N(C)c1cc(N(C2=CCC=CC=C2)c2ccccc2)cc(N(c2ccc(O)cc2)c2ccc(O)cc2)c1. The van der Waals surface area contributed by atoms with Crippen LogP contribution in [0.1, 0.15) is 38.7 Å². The van der Waals surface area contributed by atoms with Crippen molar-refractivity contribution in [2.75, 3.05) is 21.7 Å². The van der Waals surface area contributed by atoms with Crippen molar-refractivity contribution in [3.63, 3.8) is 0 Å². The third-order valence-corrected chi connectivity index (χ3v) is 8.89. The Bertz CT molecular complexity index is 2030. The quantitative estimate of drug-likeness (QED) is 0.129. The molecule has 1 aliphatic rings. The maximum absolute atomic E-state index is 10.2. The van der Waals surface area contributed by atoms with Gasteiger partial charge in [-0.25, -0.2) is 0 Å². The van der Waals surface area contributed by atoms with Gasteiger partial charge in [0.1, 0.15) is 11.5 Å². The molecule has 5 aromatic carbocycles. The van der Waals surface area contributed by atoms with Gasteiger partial charge in [0.25, 0.3) is 0 Å². The molecule has 6 rings (SSSR count). The number of para-hydroxylation sites is 2. The minimum Gasteiger partial charge on any atom is -0.508 e. The summed E-state index contributed by atoms with van der Waals surface area (Å²) in [7, 11) is 2.13. The molecule has 0 bridgehead atoms. The molecule has 0 heterocycles. The van der Waals surface area contributed by atoms with E-state index in [1.165, 1.54) is 11.1 Å². The van der Waals surface area contributed by atoms with Crippen molar-refractivity contribution in [1.29, 1.82) is 0 Å². The van der Waals surface area contributed by atoms with Crippen LogP contribution in [0.3, 0.4) is 0 Å². The summed E-state index contributed by atoms with van der Waals surface area (Å²) < 4.78 is 0. The Morgan fingerprint density at radius 3 is 1.90 bits per heavy atom. The number of nitrogens with zero attached hydrogens (tertiary/aromatic N) is 3. The first-order valence-corrected chi connectivity index (χ1v) is 17.5. The summed E-state index contributed by atoms with van der Waals surface area (Å²) in [6.45, 7) is 4.25. The van der Waals surface area contributed by atoms with Crippen LogP contribution in [0.2, 0.25) is 0 Å². The molecule has 0 spiro atoms. The third kappa shape index (κ3) is 8.17. The topological polar surface area (TPSA) is 50.2 Å². The first kappa shape index (κ1) is 34.7. The van der Waals surface area contributed by atoms with Gasteiger partial charge in [0.2, 0.25) is 0 Å². The van der Waals surface area contributed by atoms with Crippen LogP contribution in [0.4, 0.5) is 39.8 Å². The van der Waals surface area contributed by atoms with Crippen LogP contribution in [-0.4, -0.2) is 17.3 Å². The van der Waals surface area contributed by atoms with Crippen molar-refractivity contribution in [3.8, 4) is 11.5 Å². The normalized spacial score (nSPS) is 12.8. The Morgan fingerprint density at radius 2 is 1.25 bits per heavy atom. The van der Waals surface area contributed by atoms with Gasteiger partial charge < -0.3 is 24.9 Å². The highest BCUT2D eigenvalue weighted by molar-refractivity contribution is 5.87. The second-order valence-corrected chi connectivity index (χ2v) is 12.4.